The zero-order valence-corrected chi connectivity index (χ0v) is 17.0. The summed E-state index contributed by atoms with van der Waals surface area (Å²) in [7, 11) is 0. The van der Waals surface area contributed by atoms with E-state index < -0.39 is 17.4 Å². The van der Waals surface area contributed by atoms with Crippen LogP contribution in [0.25, 0.3) is 0 Å². The molecular weight excluding hydrogens is 422 g/mol. The normalized spacial score (nSPS) is 10.7. The first-order valence-corrected chi connectivity index (χ1v) is 9.55. The van der Waals surface area contributed by atoms with Gasteiger partial charge in [-0.2, -0.15) is 5.10 Å². The highest BCUT2D eigenvalue weighted by atomic mass is 35.5. The summed E-state index contributed by atoms with van der Waals surface area (Å²) in [4.78, 5) is 22.3. The number of nitro benzene ring substituents is 1. The van der Waals surface area contributed by atoms with Crippen LogP contribution < -0.4 is 10.2 Å². The molecule has 3 aromatic rings. The van der Waals surface area contributed by atoms with Crippen LogP contribution in [0, 0.1) is 10.1 Å². The lowest BCUT2D eigenvalue weighted by Gasteiger charge is -2.07. The number of aromatic hydroxyl groups is 1. The number of carbonyl (C=O) groups is 1. The molecule has 0 atom stereocenters. The van der Waals surface area contributed by atoms with Gasteiger partial charge in [-0.05, 0) is 41.8 Å². The maximum atomic E-state index is 11.9. The minimum absolute atomic E-state index is 0.00271. The molecule has 0 aromatic heterocycles. The first-order valence-electron chi connectivity index (χ1n) is 9.17. The number of ether oxygens (including phenoxy) is 1. The van der Waals surface area contributed by atoms with E-state index in [1.165, 1.54) is 30.5 Å². The number of benzene rings is 3. The standard InChI is InChI=1S/C22H18ClN3O5/c23-18-6-2-1-5-16(18)11-15-9-10-20(27)17(12-15)13-24-25-22(28)14-31-21-8-4-3-7-19(21)26(29)30/h1-10,12-13,27H,11,14H2,(H,25,28)/b24-13-. The fraction of sp³-hybridized carbons (Fsp3) is 0.0909. The summed E-state index contributed by atoms with van der Waals surface area (Å²) >= 11 is 6.19. The number of phenols is 1. The largest absolute Gasteiger partial charge is 0.507 e. The Morgan fingerprint density at radius 2 is 1.90 bits per heavy atom. The molecule has 0 aliphatic rings. The van der Waals surface area contributed by atoms with E-state index in [-0.39, 0.29) is 17.2 Å². The summed E-state index contributed by atoms with van der Waals surface area (Å²) in [6.07, 6.45) is 1.87. The van der Waals surface area contributed by atoms with E-state index in [0.29, 0.717) is 17.0 Å². The Hall–Kier alpha value is -3.91. The molecule has 0 aliphatic carbocycles. The molecule has 31 heavy (non-hydrogen) atoms. The SMILES string of the molecule is O=C(COc1ccccc1[N+](=O)[O-])N/N=C\c1cc(Cc2ccccc2Cl)ccc1O. The number of phenolic OH excluding ortho intramolecular Hbond substituents is 1. The second-order valence-corrected chi connectivity index (χ2v) is 6.88. The molecule has 0 saturated carbocycles. The van der Waals surface area contributed by atoms with Gasteiger partial charge in [0.2, 0.25) is 0 Å². The number of nitro groups is 1. The van der Waals surface area contributed by atoms with E-state index >= 15 is 0 Å². The molecular formula is C22H18ClN3O5. The van der Waals surface area contributed by atoms with Crippen molar-refractivity contribution in [2.75, 3.05) is 6.61 Å². The molecule has 1 amide bonds. The molecule has 0 aliphatic heterocycles. The van der Waals surface area contributed by atoms with Crippen LogP contribution in [0.4, 0.5) is 5.69 Å². The van der Waals surface area contributed by atoms with Crippen molar-refractivity contribution in [1.82, 2.24) is 5.43 Å². The summed E-state index contributed by atoms with van der Waals surface area (Å²) in [5.74, 6) is -0.630. The van der Waals surface area contributed by atoms with Gasteiger partial charge in [0.25, 0.3) is 5.91 Å². The lowest BCUT2D eigenvalue weighted by atomic mass is 10.0. The molecule has 2 N–H and O–H groups in total. The Balaban J connectivity index is 1.60. The smallest absolute Gasteiger partial charge is 0.310 e. The number of rotatable bonds is 8. The number of hydrazone groups is 1. The van der Waals surface area contributed by atoms with Crippen LogP contribution in [0.15, 0.2) is 71.8 Å². The quantitative estimate of drug-likeness (QED) is 0.312. The fourth-order valence-corrected chi connectivity index (χ4v) is 2.96. The van der Waals surface area contributed by atoms with E-state index in [9.17, 15) is 20.0 Å². The number of halogens is 1. The third-order valence-electron chi connectivity index (χ3n) is 4.26. The average molecular weight is 440 g/mol. The van der Waals surface area contributed by atoms with Crippen molar-refractivity contribution in [3.05, 3.63) is 98.6 Å². The van der Waals surface area contributed by atoms with Crippen LogP contribution in [0.3, 0.4) is 0 Å². The van der Waals surface area contributed by atoms with Gasteiger partial charge in [0.1, 0.15) is 5.75 Å². The number of hydrogen-bond acceptors (Lipinski definition) is 6. The predicted molar refractivity (Wildman–Crippen MR) is 117 cm³/mol. The van der Waals surface area contributed by atoms with Gasteiger partial charge in [-0.25, -0.2) is 5.43 Å². The number of nitrogens with zero attached hydrogens (tertiary/aromatic N) is 2. The molecule has 0 spiro atoms. The first kappa shape index (κ1) is 21.8. The second kappa shape index (κ2) is 10.2. The van der Waals surface area contributed by atoms with Crippen LogP contribution in [0.2, 0.25) is 5.02 Å². The van der Waals surface area contributed by atoms with Crippen molar-refractivity contribution in [3.63, 3.8) is 0 Å². The monoisotopic (exact) mass is 439 g/mol. The third kappa shape index (κ3) is 6.03. The molecule has 8 nitrogen and oxygen atoms in total. The van der Waals surface area contributed by atoms with Crippen LogP contribution in [0.5, 0.6) is 11.5 Å². The van der Waals surface area contributed by atoms with Crippen molar-refractivity contribution in [1.29, 1.82) is 0 Å². The van der Waals surface area contributed by atoms with Crippen molar-refractivity contribution in [2.24, 2.45) is 5.10 Å². The molecule has 9 heteroatoms. The highest BCUT2D eigenvalue weighted by Gasteiger charge is 2.14. The summed E-state index contributed by atoms with van der Waals surface area (Å²) in [6.45, 7) is -0.458. The molecule has 0 saturated heterocycles. The zero-order chi connectivity index (χ0) is 22.2. The van der Waals surface area contributed by atoms with E-state index in [4.69, 9.17) is 16.3 Å². The molecule has 0 heterocycles. The Kier molecular flexibility index (Phi) is 7.18. The second-order valence-electron chi connectivity index (χ2n) is 6.47. The Morgan fingerprint density at radius 1 is 1.16 bits per heavy atom. The van der Waals surface area contributed by atoms with E-state index in [2.05, 4.69) is 10.5 Å². The number of nitrogens with one attached hydrogen (secondary N) is 1. The highest BCUT2D eigenvalue weighted by molar-refractivity contribution is 6.31. The average Bonchev–Trinajstić information content (AvgIpc) is 2.76. The number of amides is 1. The molecule has 0 fully saturated rings. The fourth-order valence-electron chi connectivity index (χ4n) is 2.76. The lowest BCUT2D eigenvalue weighted by Crippen LogP contribution is -2.24. The van der Waals surface area contributed by atoms with Gasteiger partial charge in [-0.15, -0.1) is 0 Å². The van der Waals surface area contributed by atoms with Gasteiger partial charge in [0, 0.05) is 16.7 Å². The molecule has 0 bridgehead atoms. The van der Waals surface area contributed by atoms with Crippen molar-refractivity contribution in [2.45, 2.75) is 6.42 Å². The van der Waals surface area contributed by atoms with Gasteiger partial charge in [0.15, 0.2) is 12.4 Å². The predicted octanol–water partition coefficient (Wildman–Crippen LogP) is 4.07. The van der Waals surface area contributed by atoms with Gasteiger partial charge in [0.05, 0.1) is 11.1 Å². The Bertz CT molecular complexity index is 1130. The van der Waals surface area contributed by atoms with Crippen molar-refractivity contribution in [3.8, 4) is 11.5 Å². The Labute approximate surface area is 182 Å². The van der Waals surface area contributed by atoms with Gasteiger partial charge in [-0.3, -0.25) is 14.9 Å². The molecule has 3 aromatic carbocycles. The minimum atomic E-state index is -0.610. The lowest BCUT2D eigenvalue weighted by molar-refractivity contribution is -0.385. The number of hydrogen-bond donors (Lipinski definition) is 2. The summed E-state index contributed by atoms with van der Waals surface area (Å²) < 4.78 is 5.19. The minimum Gasteiger partial charge on any atom is -0.507 e. The van der Waals surface area contributed by atoms with Crippen LogP contribution in [0.1, 0.15) is 16.7 Å². The maximum Gasteiger partial charge on any atom is 0.310 e. The molecule has 0 unspecified atom stereocenters. The van der Waals surface area contributed by atoms with Gasteiger partial charge < -0.3 is 9.84 Å². The van der Waals surface area contributed by atoms with E-state index in [0.717, 1.165) is 11.1 Å². The summed E-state index contributed by atoms with van der Waals surface area (Å²) in [5, 5.41) is 25.5. The number of para-hydroxylation sites is 2. The molecule has 158 valence electrons. The molecule has 0 radical (unpaired) electrons. The van der Waals surface area contributed by atoms with Crippen molar-refractivity contribution >= 4 is 29.4 Å². The van der Waals surface area contributed by atoms with Crippen molar-refractivity contribution < 1.29 is 19.6 Å². The maximum absolute atomic E-state index is 11.9. The van der Waals surface area contributed by atoms with Crippen LogP contribution in [-0.4, -0.2) is 28.8 Å². The highest BCUT2D eigenvalue weighted by Crippen LogP contribution is 2.25. The number of carbonyl (C=O) groups excluding carboxylic acids is 1. The zero-order valence-electron chi connectivity index (χ0n) is 16.2. The van der Waals surface area contributed by atoms with Crippen LogP contribution in [-0.2, 0) is 11.2 Å². The molecule has 3 rings (SSSR count). The summed E-state index contributed by atoms with van der Waals surface area (Å²) in [5.41, 5.74) is 4.27. The van der Waals surface area contributed by atoms with E-state index in [1.54, 1.807) is 24.3 Å². The van der Waals surface area contributed by atoms with E-state index in [1.807, 2.05) is 18.2 Å². The van der Waals surface area contributed by atoms with Crippen LogP contribution >= 0.6 is 11.6 Å². The summed E-state index contributed by atoms with van der Waals surface area (Å²) in [6, 6.07) is 18.3. The topological polar surface area (TPSA) is 114 Å². The third-order valence-corrected chi connectivity index (χ3v) is 4.63. The first-order chi connectivity index (χ1) is 14.9. The van der Waals surface area contributed by atoms with Gasteiger partial charge >= 0.3 is 5.69 Å². The van der Waals surface area contributed by atoms with Gasteiger partial charge in [-0.1, -0.05) is 48.0 Å². The Morgan fingerprint density at radius 3 is 2.68 bits per heavy atom.